The molecular formula is C16H20BrN5. The number of aromatic nitrogens is 3. The first-order valence-electron chi connectivity index (χ1n) is 6.98. The molecule has 116 valence electrons. The van der Waals surface area contributed by atoms with Crippen LogP contribution in [0.3, 0.4) is 0 Å². The van der Waals surface area contributed by atoms with Gasteiger partial charge in [-0.05, 0) is 48.0 Å². The van der Waals surface area contributed by atoms with E-state index in [1.807, 2.05) is 36.3 Å². The van der Waals surface area contributed by atoms with Gasteiger partial charge in [-0.25, -0.2) is 10.1 Å². The quantitative estimate of drug-likeness (QED) is 0.631. The molecule has 1 heterocycles. The van der Waals surface area contributed by atoms with Crippen LogP contribution in [-0.2, 0) is 0 Å². The predicted molar refractivity (Wildman–Crippen MR) is 95.0 cm³/mol. The highest BCUT2D eigenvalue weighted by Crippen LogP contribution is 2.27. The van der Waals surface area contributed by atoms with Gasteiger partial charge in [0.05, 0.1) is 21.4 Å². The third kappa shape index (κ3) is 3.28. The van der Waals surface area contributed by atoms with Crippen molar-refractivity contribution in [3.63, 3.8) is 0 Å². The molecule has 0 atom stereocenters. The summed E-state index contributed by atoms with van der Waals surface area (Å²) < 4.78 is 2.55. The molecule has 0 fully saturated rings. The van der Waals surface area contributed by atoms with Gasteiger partial charge in [0, 0.05) is 13.1 Å². The minimum Gasteiger partial charge on any atom is -0.311 e. The van der Waals surface area contributed by atoms with E-state index >= 15 is 0 Å². The van der Waals surface area contributed by atoms with E-state index in [4.69, 9.17) is 0 Å². The maximum atomic E-state index is 4.22. The molecule has 5 nitrogen and oxygen atoms in total. The first-order chi connectivity index (χ1) is 10.5. The molecule has 0 radical (unpaired) electrons. The van der Waals surface area contributed by atoms with E-state index in [1.54, 1.807) is 10.8 Å². The second-order valence-electron chi connectivity index (χ2n) is 5.18. The van der Waals surface area contributed by atoms with Crippen LogP contribution in [0.25, 0.3) is 16.7 Å². The number of allylic oxidation sites excluding steroid dienone is 3. The number of likely N-dealkylation sites (N-methyl/N-ethyl adjacent to an activating group) is 1. The molecule has 6 heteroatoms. The van der Waals surface area contributed by atoms with Gasteiger partial charge in [0.15, 0.2) is 0 Å². The number of halogens is 1. The topological polar surface area (TPSA) is 46.0 Å². The van der Waals surface area contributed by atoms with E-state index in [0.717, 1.165) is 26.9 Å². The van der Waals surface area contributed by atoms with Crippen molar-refractivity contribution in [2.45, 2.75) is 19.9 Å². The zero-order valence-electron chi connectivity index (χ0n) is 13.0. The predicted octanol–water partition coefficient (Wildman–Crippen LogP) is 3.54. The van der Waals surface area contributed by atoms with Crippen LogP contribution in [0.5, 0.6) is 0 Å². The lowest BCUT2D eigenvalue weighted by Crippen LogP contribution is -2.38. The Balaban J connectivity index is 2.45. The van der Waals surface area contributed by atoms with Gasteiger partial charge >= 0.3 is 0 Å². The fourth-order valence-electron chi connectivity index (χ4n) is 2.08. The monoisotopic (exact) mass is 361 g/mol. The van der Waals surface area contributed by atoms with Crippen molar-refractivity contribution >= 4 is 32.7 Å². The molecule has 0 aliphatic carbocycles. The van der Waals surface area contributed by atoms with Gasteiger partial charge in [-0.1, -0.05) is 30.5 Å². The van der Waals surface area contributed by atoms with Crippen LogP contribution in [0.2, 0.25) is 0 Å². The van der Waals surface area contributed by atoms with Crippen LogP contribution in [0.15, 0.2) is 53.7 Å². The molecule has 0 saturated carbocycles. The maximum Gasteiger partial charge on any atom is 0.113 e. The Hall–Kier alpha value is -1.92. The van der Waals surface area contributed by atoms with Crippen LogP contribution in [0.4, 0.5) is 0 Å². The van der Waals surface area contributed by atoms with Gasteiger partial charge in [0.1, 0.15) is 5.52 Å². The number of hydrogen-bond donors (Lipinski definition) is 1. The third-order valence-corrected chi connectivity index (χ3v) is 3.97. The smallest absolute Gasteiger partial charge is 0.113 e. The summed E-state index contributed by atoms with van der Waals surface area (Å²) in [6, 6.07) is 8.10. The van der Waals surface area contributed by atoms with E-state index in [0.29, 0.717) is 6.04 Å². The summed E-state index contributed by atoms with van der Waals surface area (Å²) in [6.07, 6.45) is 1.74. The van der Waals surface area contributed by atoms with Crippen molar-refractivity contribution in [1.82, 2.24) is 25.4 Å². The van der Waals surface area contributed by atoms with E-state index < -0.39 is 0 Å². The number of hydrazine groups is 1. The summed E-state index contributed by atoms with van der Waals surface area (Å²) in [5.74, 6) is 0. The highest BCUT2D eigenvalue weighted by molar-refractivity contribution is 9.12. The molecule has 2 rings (SSSR count). The minimum atomic E-state index is 0.307. The summed E-state index contributed by atoms with van der Waals surface area (Å²) in [4.78, 5) is 0. The summed E-state index contributed by atoms with van der Waals surface area (Å²) in [6.45, 7) is 12.1. The maximum absolute atomic E-state index is 4.22. The van der Waals surface area contributed by atoms with Crippen molar-refractivity contribution in [2.75, 3.05) is 7.05 Å². The molecule has 0 unspecified atom stereocenters. The molecule has 0 aliphatic heterocycles. The van der Waals surface area contributed by atoms with Crippen molar-refractivity contribution < 1.29 is 0 Å². The van der Waals surface area contributed by atoms with E-state index in [1.165, 1.54) is 0 Å². The van der Waals surface area contributed by atoms with Crippen LogP contribution >= 0.6 is 15.9 Å². The molecular weight excluding hydrogens is 342 g/mol. The van der Waals surface area contributed by atoms with Crippen molar-refractivity contribution in [3.8, 4) is 0 Å². The van der Waals surface area contributed by atoms with Crippen LogP contribution in [0, 0.1) is 0 Å². The first kappa shape index (κ1) is 16.5. The Morgan fingerprint density at radius 2 is 2.09 bits per heavy atom. The van der Waals surface area contributed by atoms with Gasteiger partial charge in [-0.3, -0.25) is 0 Å². The minimum absolute atomic E-state index is 0.307. The zero-order valence-corrected chi connectivity index (χ0v) is 14.6. The zero-order chi connectivity index (χ0) is 16.3. The van der Waals surface area contributed by atoms with Crippen molar-refractivity contribution in [3.05, 3.63) is 53.7 Å². The Morgan fingerprint density at radius 3 is 2.73 bits per heavy atom. The average Bonchev–Trinajstić information content (AvgIpc) is 2.90. The van der Waals surface area contributed by atoms with E-state index in [2.05, 4.69) is 58.7 Å². The van der Waals surface area contributed by atoms with Gasteiger partial charge in [-0.2, -0.15) is 0 Å². The Kier molecular flexibility index (Phi) is 5.15. The van der Waals surface area contributed by atoms with E-state index in [-0.39, 0.29) is 0 Å². The highest BCUT2D eigenvalue weighted by Gasteiger charge is 2.14. The molecule has 22 heavy (non-hydrogen) atoms. The number of hydrogen-bond acceptors (Lipinski definition) is 4. The second-order valence-corrected chi connectivity index (χ2v) is 5.98. The van der Waals surface area contributed by atoms with Crippen molar-refractivity contribution in [1.29, 1.82) is 0 Å². The largest absolute Gasteiger partial charge is 0.311 e. The van der Waals surface area contributed by atoms with Crippen LogP contribution in [-0.4, -0.2) is 33.1 Å². The summed E-state index contributed by atoms with van der Waals surface area (Å²) in [7, 11) is 1.92. The Labute approximate surface area is 139 Å². The number of fused-ring (bicyclic) bond motifs is 1. The SMILES string of the molecule is C=C/C(=C(/Br)C(=C)N(C)NC(C)C)n1nnc2ccccc21. The Morgan fingerprint density at radius 1 is 1.41 bits per heavy atom. The summed E-state index contributed by atoms with van der Waals surface area (Å²) in [5.41, 5.74) is 6.60. The number of nitrogens with one attached hydrogen (secondary N) is 1. The third-order valence-electron chi connectivity index (χ3n) is 3.11. The highest BCUT2D eigenvalue weighted by atomic mass is 79.9. The van der Waals surface area contributed by atoms with Crippen LogP contribution < -0.4 is 5.43 Å². The van der Waals surface area contributed by atoms with Gasteiger partial charge in [0.25, 0.3) is 0 Å². The lowest BCUT2D eigenvalue weighted by atomic mass is 10.3. The van der Waals surface area contributed by atoms with E-state index in [9.17, 15) is 0 Å². The lowest BCUT2D eigenvalue weighted by Gasteiger charge is -2.25. The molecule has 0 aliphatic rings. The fraction of sp³-hybridized carbons (Fsp3) is 0.250. The normalized spacial score (nSPS) is 12.4. The number of rotatable bonds is 6. The molecule has 1 aromatic heterocycles. The second kappa shape index (κ2) is 6.89. The number of nitrogens with zero attached hydrogens (tertiary/aromatic N) is 4. The molecule has 0 spiro atoms. The molecule has 0 bridgehead atoms. The molecule has 1 aromatic carbocycles. The van der Waals surface area contributed by atoms with Gasteiger partial charge < -0.3 is 5.01 Å². The Bertz CT molecular complexity index is 729. The molecule has 2 aromatic rings. The molecule has 0 amide bonds. The van der Waals surface area contributed by atoms with Crippen LogP contribution in [0.1, 0.15) is 13.8 Å². The summed E-state index contributed by atoms with van der Waals surface area (Å²) in [5, 5.41) is 10.3. The van der Waals surface area contributed by atoms with Crippen molar-refractivity contribution in [2.24, 2.45) is 0 Å². The fourth-order valence-corrected chi connectivity index (χ4v) is 2.67. The standard InChI is InChI=1S/C16H20BrN5/c1-6-14(16(17)12(4)21(5)19-11(2)3)22-15-10-8-7-9-13(15)18-20-22/h6-11,19H,1,4H2,2-3,5H3/b16-14-. The van der Waals surface area contributed by atoms with Gasteiger partial charge in [0.2, 0.25) is 0 Å². The number of benzene rings is 1. The summed E-state index contributed by atoms with van der Waals surface area (Å²) >= 11 is 3.61. The average molecular weight is 362 g/mol. The lowest BCUT2D eigenvalue weighted by molar-refractivity contribution is 0.276. The number of para-hydroxylation sites is 1. The molecule has 1 N–H and O–H groups in total. The first-order valence-corrected chi connectivity index (χ1v) is 7.77. The molecule has 0 saturated heterocycles. The van der Waals surface area contributed by atoms with Gasteiger partial charge in [-0.15, -0.1) is 5.10 Å².